The van der Waals surface area contributed by atoms with Crippen LogP contribution in [0.2, 0.25) is 0 Å². The maximum atomic E-state index is 11.7. The van der Waals surface area contributed by atoms with Crippen molar-refractivity contribution in [2.45, 2.75) is 0 Å². The summed E-state index contributed by atoms with van der Waals surface area (Å²) in [6, 6.07) is 0. The summed E-state index contributed by atoms with van der Waals surface area (Å²) in [5.41, 5.74) is -0.136. The van der Waals surface area contributed by atoms with Gasteiger partial charge in [-0.15, -0.1) is 0 Å². The van der Waals surface area contributed by atoms with E-state index in [-0.39, 0.29) is 6.61 Å². The summed E-state index contributed by atoms with van der Waals surface area (Å²) < 4.78 is 0. The van der Waals surface area contributed by atoms with Gasteiger partial charge in [-0.1, -0.05) is 0 Å². The fraction of sp³-hybridized carbons (Fsp3) is 0.615. The minimum atomic E-state index is -0.482. The van der Waals surface area contributed by atoms with Gasteiger partial charge in [0.05, 0.1) is 6.61 Å². The highest BCUT2D eigenvalue weighted by Gasteiger charge is 2.27. The van der Waals surface area contributed by atoms with Gasteiger partial charge in [-0.2, -0.15) is 0 Å². The molecule has 1 aromatic carbocycles. The van der Waals surface area contributed by atoms with Gasteiger partial charge >= 0.3 is 0 Å². The molecule has 8 heteroatoms. The maximum absolute atomic E-state index is 11.7. The first-order valence-electron chi connectivity index (χ1n) is 7.02. The molecule has 8 nitrogen and oxygen atoms in total. The topological polar surface area (TPSA) is 102 Å². The zero-order valence-electron chi connectivity index (χ0n) is 11.8. The molecule has 21 heavy (non-hydrogen) atoms. The van der Waals surface area contributed by atoms with E-state index in [1.165, 1.54) is 0 Å². The second-order valence-corrected chi connectivity index (χ2v) is 4.91. The van der Waals surface area contributed by atoms with Crippen LogP contribution < -0.4 is 26.4 Å². The van der Waals surface area contributed by atoms with Gasteiger partial charge in [-0.25, -0.2) is 0 Å². The van der Waals surface area contributed by atoms with Crippen LogP contribution >= 0.6 is 0 Å². The second-order valence-electron chi connectivity index (χ2n) is 4.91. The molecule has 3 N–H and O–H groups in total. The van der Waals surface area contributed by atoms with E-state index in [2.05, 4.69) is 10.6 Å². The van der Waals surface area contributed by atoms with Gasteiger partial charge in [0.15, 0.2) is 0 Å². The van der Waals surface area contributed by atoms with Crippen LogP contribution in [-0.2, 0) is 4.79 Å². The molecule has 1 amide bonds. The monoisotopic (exact) mass is 296 g/mol. The zero-order chi connectivity index (χ0) is 15.2. The fourth-order valence-corrected chi connectivity index (χ4v) is 2.38. The predicted molar refractivity (Wildman–Crippen MR) is 79.6 cm³/mol. The van der Waals surface area contributed by atoms with Crippen molar-refractivity contribution in [3.05, 3.63) is 20.4 Å². The molecular formula is C13H20N4O4. The number of anilines is 2. The van der Waals surface area contributed by atoms with Crippen LogP contribution in [-0.4, -0.2) is 68.8 Å². The number of aliphatic hydroxyl groups is 1. The number of carbonyl (C=O) groups excluding carboxylic acids is 1. The Labute approximate surface area is 122 Å². The number of carbonyl (C=O) groups is 1. The van der Waals surface area contributed by atoms with Gasteiger partial charge in [-0.3, -0.25) is 14.4 Å². The van der Waals surface area contributed by atoms with E-state index in [1.54, 1.807) is 4.90 Å². The van der Waals surface area contributed by atoms with E-state index >= 15 is 0 Å². The van der Waals surface area contributed by atoms with Gasteiger partial charge in [0.2, 0.25) is 6.41 Å². The van der Waals surface area contributed by atoms with E-state index in [1.807, 2.05) is 4.90 Å². The van der Waals surface area contributed by atoms with E-state index < -0.39 is 10.9 Å². The quantitative estimate of drug-likeness (QED) is 0.278. The molecule has 1 saturated heterocycles. The lowest BCUT2D eigenvalue weighted by molar-refractivity contribution is -0.118. The molecule has 0 atom stereocenters. The SMILES string of the molecule is O=CN1CCN(c2c(NCCNCCO)c(=O)c2=O)CC1. The molecule has 1 fully saturated rings. The minimum absolute atomic E-state index is 0.0619. The first kappa shape index (κ1) is 15.5. The Bertz CT molecular complexity index is 545. The Morgan fingerprint density at radius 3 is 2.38 bits per heavy atom. The van der Waals surface area contributed by atoms with Crippen LogP contribution in [0.25, 0.3) is 0 Å². The van der Waals surface area contributed by atoms with Crippen LogP contribution in [0.3, 0.4) is 0 Å². The highest BCUT2D eigenvalue weighted by Crippen LogP contribution is 2.20. The van der Waals surface area contributed by atoms with Gasteiger partial charge in [0, 0.05) is 45.8 Å². The molecule has 0 bridgehead atoms. The Morgan fingerprint density at radius 2 is 1.76 bits per heavy atom. The van der Waals surface area contributed by atoms with Gasteiger partial charge in [0.1, 0.15) is 11.4 Å². The molecule has 0 spiro atoms. The highest BCUT2D eigenvalue weighted by molar-refractivity contribution is 5.75. The van der Waals surface area contributed by atoms with Gasteiger partial charge in [-0.05, 0) is 0 Å². The molecule has 1 aliphatic rings. The van der Waals surface area contributed by atoms with Crippen molar-refractivity contribution in [3.8, 4) is 0 Å². The normalized spacial score (nSPS) is 15.5. The average molecular weight is 296 g/mol. The maximum Gasteiger partial charge on any atom is 0.253 e. The third-order valence-corrected chi connectivity index (χ3v) is 3.56. The number of rotatable bonds is 8. The smallest absolute Gasteiger partial charge is 0.253 e. The van der Waals surface area contributed by atoms with Crippen molar-refractivity contribution < 1.29 is 9.90 Å². The van der Waals surface area contributed by atoms with E-state index in [4.69, 9.17) is 5.11 Å². The Balaban J connectivity index is 1.92. The highest BCUT2D eigenvalue weighted by atomic mass is 16.3. The largest absolute Gasteiger partial charge is 0.395 e. The van der Waals surface area contributed by atoms with Crippen molar-refractivity contribution in [2.24, 2.45) is 0 Å². The van der Waals surface area contributed by atoms with E-state index in [0.717, 1.165) is 6.41 Å². The zero-order valence-corrected chi connectivity index (χ0v) is 11.8. The van der Waals surface area contributed by atoms with Gasteiger partial charge in [0.25, 0.3) is 10.9 Å². The van der Waals surface area contributed by atoms with Crippen LogP contribution in [0.15, 0.2) is 9.59 Å². The molecule has 0 unspecified atom stereocenters. The number of nitrogens with one attached hydrogen (secondary N) is 2. The summed E-state index contributed by atoms with van der Waals surface area (Å²) >= 11 is 0. The second kappa shape index (κ2) is 7.19. The number of hydrogen-bond donors (Lipinski definition) is 3. The third kappa shape index (κ3) is 3.40. The molecular weight excluding hydrogens is 276 g/mol. The molecule has 1 heterocycles. The summed E-state index contributed by atoms with van der Waals surface area (Å²) in [6.45, 7) is 3.88. The lowest BCUT2D eigenvalue weighted by atomic mass is 10.1. The summed E-state index contributed by atoms with van der Waals surface area (Å²) in [5.74, 6) is 0. The lowest BCUT2D eigenvalue weighted by Gasteiger charge is -2.35. The van der Waals surface area contributed by atoms with Crippen LogP contribution in [0.4, 0.5) is 11.4 Å². The van der Waals surface area contributed by atoms with Crippen molar-refractivity contribution in [3.63, 3.8) is 0 Å². The first-order chi connectivity index (χ1) is 10.2. The number of aliphatic hydroxyl groups excluding tert-OH is 1. The van der Waals surface area contributed by atoms with E-state index in [9.17, 15) is 14.4 Å². The fourth-order valence-electron chi connectivity index (χ4n) is 2.38. The predicted octanol–water partition coefficient (Wildman–Crippen LogP) is -2.45. The standard InChI is InChI=1S/C13H20N4O4/c18-8-3-14-1-2-15-10-11(13(21)12(10)20)17-6-4-16(9-19)5-7-17/h9,14-15,18H,1-8H2. The number of piperazine rings is 1. The molecule has 116 valence electrons. The number of amides is 1. The summed E-state index contributed by atoms with van der Waals surface area (Å²) in [7, 11) is 0. The lowest BCUT2D eigenvalue weighted by Crippen LogP contribution is -2.51. The Morgan fingerprint density at radius 1 is 1.05 bits per heavy atom. The van der Waals surface area contributed by atoms with Crippen LogP contribution in [0.5, 0.6) is 0 Å². The molecule has 0 aliphatic carbocycles. The van der Waals surface area contributed by atoms with Crippen molar-refractivity contribution in [1.29, 1.82) is 0 Å². The first-order valence-corrected chi connectivity index (χ1v) is 7.02. The molecule has 1 aromatic rings. The number of hydrogen-bond acceptors (Lipinski definition) is 7. The summed E-state index contributed by atoms with van der Waals surface area (Å²) in [5, 5.41) is 14.6. The van der Waals surface area contributed by atoms with Crippen molar-refractivity contribution >= 4 is 17.8 Å². The molecule has 1 aliphatic heterocycles. The summed E-state index contributed by atoms with van der Waals surface area (Å²) in [4.78, 5) is 37.5. The van der Waals surface area contributed by atoms with E-state index in [0.29, 0.717) is 57.2 Å². The Hall–Kier alpha value is -1.93. The molecule has 0 saturated carbocycles. The van der Waals surface area contributed by atoms with Gasteiger partial charge < -0.3 is 25.5 Å². The molecule has 0 radical (unpaired) electrons. The number of nitrogens with zero attached hydrogens (tertiary/aromatic N) is 2. The van der Waals surface area contributed by atoms with Crippen LogP contribution in [0.1, 0.15) is 0 Å². The molecule has 2 rings (SSSR count). The van der Waals surface area contributed by atoms with Crippen molar-refractivity contribution in [2.75, 3.05) is 62.6 Å². The summed E-state index contributed by atoms with van der Waals surface area (Å²) in [6.07, 6.45) is 0.797. The Kier molecular flexibility index (Phi) is 5.29. The molecule has 0 aromatic heterocycles. The average Bonchev–Trinajstić information content (AvgIpc) is 2.53. The third-order valence-electron chi connectivity index (χ3n) is 3.56. The van der Waals surface area contributed by atoms with Crippen LogP contribution in [0, 0.1) is 0 Å². The van der Waals surface area contributed by atoms with Crippen molar-refractivity contribution in [1.82, 2.24) is 10.2 Å². The minimum Gasteiger partial charge on any atom is -0.395 e.